The predicted molar refractivity (Wildman–Crippen MR) is 67.1 cm³/mol. The molecule has 0 heterocycles. The lowest BCUT2D eigenvalue weighted by atomic mass is 9.96. The molecule has 0 bridgehead atoms. The molecule has 1 aliphatic carbocycles. The number of nitrogens with zero attached hydrogens (tertiary/aromatic N) is 1. The molecule has 18 heavy (non-hydrogen) atoms. The lowest BCUT2D eigenvalue weighted by molar-refractivity contribution is 0.442. The number of hydrogen-bond acceptors (Lipinski definition) is 2. The fourth-order valence-corrected chi connectivity index (χ4v) is 2.26. The van der Waals surface area contributed by atoms with Crippen molar-refractivity contribution >= 4 is 5.84 Å². The number of hydrazine groups is 1. The number of nitrogens with two attached hydrogens (primary N) is 1. The Morgan fingerprint density at radius 1 is 1.22 bits per heavy atom. The summed E-state index contributed by atoms with van der Waals surface area (Å²) in [6, 6.07) is 3.57. The summed E-state index contributed by atoms with van der Waals surface area (Å²) in [6.45, 7) is 0. The van der Waals surface area contributed by atoms with Crippen LogP contribution in [0.1, 0.15) is 37.7 Å². The summed E-state index contributed by atoms with van der Waals surface area (Å²) >= 11 is 0. The number of rotatable bonds is 2. The Kier molecular flexibility index (Phi) is 4.25. The molecule has 3 nitrogen and oxygen atoms in total. The van der Waals surface area contributed by atoms with Crippen molar-refractivity contribution in [2.75, 3.05) is 0 Å². The molecule has 1 aromatic rings. The van der Waals surface area contributed by atoms with Crippen LogP contribution in [0.2, 0.25) is 0 Å². The molecule has 3 N–H and O–H groups in total. The molecule has 0 aromatic heterocycles. The molecule has 0 aliphatic heterocycles. The van der Waals surface area contributed by atoms with Crippen LogP contribution in [0.5, 0.6) is 0 Å². The van der Waals surface area contributed by atoms with Crippen LogP contribution in [0.4, 0.5) is 8.78 Å². The maximum Gasteiger partial charge on any atom is 0.145 e. The van der Waals surface area contributed by atoms with Crippen molar-refractivity contribution in [2.45, 2.75) is 38.1 Å². The number of amidine groups is 1. The van der Waals surface area contributed by atoms with E-state index in [2.05, 4.69) is 10.4 Å². The zero-order chi connectivity index (χ0) is 13.0. The molecule has 0 unspecified atom stereocenters. The number of hydrogen-bond donors (Lipinski definition) is 2. The van der Waals surface area contributed by atoms with E-state index in [0.29, 0.717) is 5.84 Å². The van der Waals surface area contributed by atoms with Gasteiger partial charge in [-0.1, -0.05) is 19.3 Å². The molecule has 0 spiro atoms. The summed E-state index contributed by atoms with van der Waals surface area (Å²) in [4.78, 5) is 4.43. The third-order valence-electron chi connectivity index (χ3n) is 3.21. The quantitative estimate of drug-likeness (QED) is 0.368. The van der Waals surface area contributed by atoms with Gasteiger partial charge in [0.2, 0.25) is 0 Å². The second-order valence-corrected chi connectivity index (χ2v) is 4.54. The Balaban J connectivity index is 2.23. The van der Waals surface area contributed by atoms with E-state index in [0.717, 1.165) is 31.7 Å². The van der Waals surface area contributed by atoms with Crippen LogP contribution in [0.15, 0.2) is 23.2 Å². The average molecular weight is 253 g/mol. The first kappa shape index (κ1) is 13.0. The minimum atomic E-state index is -0.650. The first-order valence-electron chi connectivity index (χ1n) is 6.20. The van der Waals surface area contributed by atoms with Crippen molar-refractivity contribution in [3.05, 3.63) is 35.4 Å². The summed E-state index contributed by atoms with van der Waals surface area (Å²) in [5.41, 5.74) is 2.63. The molecule has 1 fully saturated rings. The van der Waals surface area contributed by atoms with Crippen LogP contribution in [-0.2, 0) is 0 Å². The van der Waals surface area contributed by atoms with Crippen molar-refractivity contribution < 1.29 is 8.78 Å². The Bertz CT molecular complexity index is 440. The Morgan fingerprint density at radius 2 is 1.94 bits per heavy atom. The molecule has 0 atom stereocenters. The topological polar surface area (TPSA) is 50.4 Å². The van der Waals surface area contributed by atoms with E-state index in [9.17, 15) is 8.78 Å². The van der Waals surface area contributed by atoms with Crippen molar-refractivity contribution in [1.82, 2.24) is 5.43 Å². The number of halogens is 2. The lowest BCUT2D eigenvalue weighted by Crippen LogP contribution is -2.33. The molecule has 0 saturated heterocycles. The van der Waals surface area contributed by atoms with Crippen LogP contribution in [0.25, 0.3) is 0 Å². The Hall–Kier alpha value is -1.49. The molecule has 0 radical (unpaired) electrons. The van der Waals surface area contributed by atoms with Gasteiger partial charge in [0.05, 0.1) is 11.6 Å². The maximum absolute atomic E-state index is 13.6. The molecule has 1 aliphatic rings. The van der Waals surface area contributed by atoms with E-state index in [1.54, 1.807) is 0 Å². The third kappa shape index (κ3) is 3.04. The zero-order valence-electron chi connectivity index (χ0n) is 10.1. The second-order valence-electron chi connectivity index (χ2n) is 4.54. The molecular formula is C13H17F2N3. The van der Waals surface area contributed by atoms with Crippen molar-refractivity contribution in [3.63, 3.8) is 0 Å². The van der Waals surface area contributed by atoms with Gasteiger partial charge in [0.1, 0.15) is 17.5 Å². The lowest BCUT2D eigenvalue weighted by Gasteiger charge is -2.19. The highest BCUT2D eigenvalue weighted by molar-refractivity contribution is 5.98. The molecule has 2 rings (SSSR count). The zero-order valence-corrected chi connectivity index (χ0v) is 10.1. The highest BCUT2D eigenvalue weighted by atomic mass is 19.1. The maximum atomic E-state index is 13.6. The summed E-state index contributed by atoms with van der Waals surface area (Å²) < 4.78 is 26.5. The van der Waals surface area contributed by atoms with Gasteiger partial charge in [-0.2, -0.15) is 0 Å². The largest absolute Gasteiger partial charge is 0.308 e. The van der Waals surface area contributed by atoms with Crippen molar-refractivity contribution in [2.24, 2.45) is 10.8 Å². The number of aliphatic imine (C=N–C) groups is 1. The van der Waals surface area contributed by atoms with Crippen LogP contribution >= 0.6 is 0 Å². The van der Waals surface area contributed by atoms with E-state index < -0.39 is 11.6 Å². The van der Waals surface area contributed by atoms with E-state index in [4.69, 9.17) is 5.84 Å². The predicted octanol–water partition coefficient (Wildman–Crippen LogP) is 2.51. The number of nitrogens with one attached hydrogen (secondary N) is 1. The summed E-state index contributed by atoms with van der Waals surface area (Å²) in [5.74, 6) is 4.42. The van der Waals surface area contributed by atoms with E-state index >= 15 is 0 Å². The Labute approximate surface area is 105 Å². The van der Waals surface area contributed by atoms with Crippen LogP contribution in [0.3, 0.4) is 0 Å². The van der Waals surface area contributed by atoms with Gasteiger partial charge in [0, 0.05) is 6.07 Å². The van der Waals surface area contributed by atoms with Gasteiger partial charge in [0.25, 0.3) is 0 Å². The molecule has 5 heteroatoms. The van der Waals surface area contributed by atoms with Crippen LogP contribution in [0, 0.1) is 11.6 Å². The van der Waals surface area contributed by atoms with E-state index in [1.807, 2.05) is 0 Å². The first-order chi connectivity index (χ1) is 8.70. The van der Waals surface area contributed by atoms with Gasteiger partial charge in [-0.3, -0.25) is 4.99 Å². The Morgan fingerprint density at radius 3 is 2.56 bits per heavy atom. The van der Waals surface area contributed by atoms with Crippen LogP contribution < -0.4 is 11.3 Å². The minimum absolute atomic E-state index is 0.175. The molecular weight excluding hydrogens is 236 g/mol. The van der Waals surface area contributed by atoms with Crippen molar-refractivity contribution in [1.29, 1.82) is 0 Å². The molecule has 1 saturated carbocycles. The van der Waals surface area contributed by atoms with Gasteiger partial charge in [-0.15, -0.1) is 0 Å². The minimum Gasteiger partial charge on any atom is -0.308 e. The molecule has 1 aromatic carbocycles. The fraction of sp³-hybridized carbons (Fsp3) is 0.462. The SMILES string of the molecule is NNC(=NC1CCCCC1)c1ccc(F)cc1F. The van der Waals surface area contributed by atoms with E-state index in [-0.39, 0.29) is 11.6 Å². The third-order valence-corrected chi connectivity index (χ3v) is 3.21. The smallest absolute Gasteiger partial charge is 0.145 e. The first-order valence-corrected chi connectivity index (χ1v) is 6.20. The highest BCUT2D eigenvalue weighted by Gasteiger charge is 2.15. The van der Waals surface area contributed by atoms with Crippen LogP contribution in [-0.4, -0.2) is 11.9 Å². The van der Waals surface area contributed by atoms with Crippen molar-refractivity contribution in [3.8, 4) is 0 Å². The second kappa shape index (κ2) is 5.91. The fourth-order valence-electron chi connectivity index (χ4n) is 2.26. The molecule has 0 amide bonds. The van der Waals surface area contributed by atoms with Gasteiger partial charge < -0.3 is 5.43 Å². The van der Waals surface area contributed by atoms with Gasteiger partial charge in [-0.05, 0) is 25.0 Å². The monoisotopic (exact) mass is 253 g/mol. The highest BCUT2D eigenvalue weighted by Crippen LogP contribution is 2.21. The van der Waals surface area contributed by atoms with E-state index in [1.165, 1.54) is 18.6 Å². The summed E-state index contributed by atoms with van der Waals surface area (Å²) in [5, 5.41) is 0. The van der Waals surface area contributed by atoms with Gasteiger partial charge in [0.15, 0.2) is 0 Å². The van der Waals surface area contributed by atoms with Gasteiger partial charge >= 0.3 is 0 Å². The van der Waals surface area contributed by atoms with Gasteiger partial charge in [-0.25, -0.2) is 14.6 Å². The molecule has 98 valence electrons. The normalized spacial score (nSPS) is 17.8. The number of benzene rings is 1. The summed E-state index contributed by atoms with van der Waals surface area (Å²) in [6.07, 6.45) is 5.49. The summed E-state index contributed by atoms with van der Waals surface area (Å²) in [7, 11) is 0. The standard InChI is InChI=1S/C13H17F2N3/c14-9-6-7-11(12(15)8-9)13(18-16)17-10-4-2-1-3-5-10/h6-8,10H,1-5,16H2,(H,17,18). The average Bonchev–Trinajstić information content (AvgIpc) is 2.38.